The SMILES string of the molecule is O=C(O)C(Cc1cccc(-c2ccccc2)c1)C(=O)O. The zero-order chi connectivity index (χ0) is 14.5. The molecule has 0 unspecified atom stereocenters. The molecule has 2 N–H and O–H groups in total. The van der Waals surface area contributed by atoms with Gasteiger partial charge in [-0.05, 0) is 23.1 Å². The normalized spacial score (nSPS) is 10.4. The van der Waals surface area contributed by atoms with Crippen molar-refractivity contribution < 1.29 is 19.8 Å². The average Bonchev–Trinajstić information content (AvgIpc) is 2.45. The lowest BCUT2D eigenvalue weighted by Crippen LogP contribution is -2.25. The minimum absolute atomic E-state index is 0.0225. The summed E-state index contributed by atoms with van der Waals surface area (Å²) in [6.45, 7) is 0. The molecule has 0 saturated heterocycles. The molecule has 0 aliphatic carbocycles. The molecule has 0 bridgehead atoms. The highest BCUT2D eigenvalue weighted by molar-refractivity contribution is 5.93. The Morgan fingerprint density at radius 2 is 1.45 bits per heavy atom. The Morgan fingerprint density at radius 1 is 0.850 bits per heavy atom. The maximum absolute atomic E-state index is 10.9. The van der Waals surface area contributed by atoms with Gasteiger partial charge in [0.25, 0.3) is 0 Å². The fourth-order valence-electron chi connectivity index (χ4n) is 2.02. The van der Waals surface area contributed by atoms with Gasteiger partial charge in [-0.25, -0.2) is 0 Å². The molecule has 2 rings (SSSR count). The number of carboxylic acid groups (broad SMARTS) is 2. The lowest BCUT2D eigenvalue weighted by molar-refractivity contribution is -0.154. The Balaban J connectivity index is 2.26. The number of rotatable bonds is 5. The number of benzene rings is 2. The Labute approximate surface area is 116 Å². The Kier molecular flexibility index (Phi) is 4.15. The van der Waals surface area contributed by atoms with Crippen LogP contribution in [0.25, 0.3) is 11.1 Å². The molecule has 0 heterocycles. The fourth-order valence-corrected chi connectivity index (χ4v) is 2.02. The van der Waals surface area contributed by atoms with E-state index in [1.54, 1.807) is 12.1 Å². The molecule has 2 aromatic rings. The molecule has 0 aliphatic rings. The highest BCUT2D eigenvalue weighted by Gasteiger charge is 2.25. The minimum Gasteiger partial charge on any atom is -0.481 e. The van der Waals surface area contributed by atoms with Gasteiger partial charge in [0, 0.05) is 0 Å². The Hall–Kier alpha value is -2.62. The van der Waals surface area contributed by atoms with Gasteiger partial charge in [0.15, 0.2) is 5.92 Å². The first-order valence-corrected chi connectivity index (χ1v) is 6.18. The maximum Gasteiger partial charge on any atom is 0.318 e. The molecule has 4 heteroatoms. The van der Waals surface area contributed by atoms with E-state index in [1.807, 2.05) is 42.5 Å². The smallest absolute Gasteiger partial charge is 0.318 e. The van der Waals surface area contributed by atoms with Gasteiger partial charge in [-0.15, -0.1) is 0 Å². The van der Waals surface area contributed by atoms with E-state index in [-0.39, 0.29) is 6.42 Å². The van der Waals surface area contributed by atoms with Gasteiger partial charge in [0.1, 0.15) is 0 Å². The van der Waals surface area contributed by atoms with Gasteiger partial charge in [-0.1, -0.05) is 54.6 Å². The van der Waals surface area contributed by atoms with E-state index in [0.29, 0.717) is 5.56 Å². The van der Waals surface area contributed by atoms with Crippen LogP contribution in [0.3, 0.4) is 0 Å². The molecule has 0 atom stereocenters. The molecule has 0 fully saturated rings. The summed E-state index contributed by atoms with van der Waals surface area (Å²) in [5.41, 5.74) is 2.65. The van der Waals surface area contributed by atoms with Crippen molar-refractivity contribution >= 4 is 11.9 Å². The number of aliphatic carboxylic acids is 2. The van der Waals surface area contributed by atoms with E-state index in [2.05, 4.69) is 0 Å². The molecule has 0 spiro atoms. The second-order valence-corrected chi connectivity index (χ2v) is 4.50. The van der Waals surface area contributed by atoms with Crippen molar-refractivity contribution in [2.45, 2.75) is 6.42 Å². The largest absolute Gasteiger partial charge is 0.481 e. The van der Waals surface area contributed by atoms with E-state index in [1.165, 1.54) is 0 Å². The molecule has 0 radical (unpaired) electrons. The monoisotopic (exact) mass is 270 g/mol. The number of hydrogen-bond acceptors (Lipinski definition) is 2. The zero-order valence-corrected chi connectivity index (χ0v) is 10.7. The Bertz CT molecular complexity index is 605. The molecular formula is C16H14O4. The lowest BCUT2D eigenvalue weighted by Gasteiger charge is -2.09. The number of hydrogen-bond donors (Lipinski definition) is 2. The highest BCUT2D eigenvalue weighted by atomic mass is 16.4. The summed E-state index contributed by atoms with van der Waals surface area (Å²) in [5.74, 6) is -4.05. The third-order valence-corrected chi connectivity index (χ3v) is 3.07. The maximum atomic E-state index is 10.9. The quantitative estimate of drug-likeness (QED) is 0.819. The highest BCUT2D eigenvalue weighted by Crippen LogP contribution is 2.21. The molecule has 20 heavy (non-hydrogen) atoms. The first-order valence-electron chi connectivity index (χ1n) is 6.18. The van der Waals surface area contributed by atoms with Gasteiger partial charge in [0.05, 0.1) is 0 Å². The summed E-state index contributed by atoms with van der Waals surface area (Å²) in [4.78, 5) is 21.8. The molecule has 4 nitrogen and oxygen atoms in total. The summed E-state index contributed by atoms with van der Waals surface area (Å²) in [6, 6.07) is 16.9. The molecule has 102 valence electrons. The standard InChI is InChI=1S/C16H14O4/c17-15(18)14(16(19)20)10-11-5-4-8-13(9-11)12-6-2-1-3-7-12/h1-9,14H,10H2,(H,17,18)(H,19,20). The summed E-state index contributed by atoms with van der Waals surface area (Å²) in [7, 11) is 0. The van der Waals surface area contributed by atoms with E-state index in [4.69, 9.17) is 10.2 Å². The van der Waals surface area contributed by atoms with Gasteiger partial charge < -0.3 is 10.2 Å². The summed E-state index contributed by atoms with van der Waals surface area (Å²) in [5, 5.41) is 17.8. The lowest BCUT2D eigenvalue weighted by atomic mass is 9.96. The topological polar surface area (TPSA) is 74.6 Å². The third kappa shape index (κ3) is 3.23. The van der Waals surface area contributed by atoms with Crippen molar-refractivity contribution in [1.82, 2.24) is 0 Å². The van der Waals surface area contributed by atoms with E-state index in [9.17, 15) is 9.59 Å². The van der Waals surface area contributed by atoms with Gasteiger partial charge in [0.2, 0.25) is 0 Å². The molecule has 0 aliphatic heterocycles. The molecule has 0 amide bonds. The van der Waals surface area contributed by atoms with Crippen molar-refractivity contribution in [2.24, 2.45) is 5.92 Å². The van der Waals surface area contributed by atoms with E-state index >= 15 is 0 Å². The molecule has 0 saturated carbocycles. The van der Waals surface area contributed by atoms with Crippen LogP contribution in [0.15, 0.2) is 54.6 Å². The van der Waals surface area contributed by atoms with Crippen LogP contribution in [-0.2, 0) is 16.0 Å². The van der Waals surface area contributed by atoms with E-state index < -0.39 is 17.9 Å². The van der Waals surface area contributed by atoms with Gasteiger partial charge in [-0.3, -0.25) is 9.59 Å². The fraction of sp³-hybridized carbons (Fsp3) is 0.125. The summed E-state index contributed by atoms with van der Waals surface area (Å²) in [6.07, 6.45) is -0.0225. The molecule has 0 aromatic heterocycles. The third-order valence-electron chi connectivity index (χ3n) is 3.07. The average molecular weight is 270 g/mol. The first kappa shape index (κ1) is 13.8. The Morgan fingerprint density at radius 3 is 2.05 bits per heavy atom. The van der Waals surface area contributed by atoms with Crippen molar-refractivity contribution in [3.05, 3.63) is 60.2 Å². The van der Waals surface area contributed by atoms with Crippen molar-refractivity contribution in [1.29, 1.82) is 0 Å². The first-order chi connectivity index (χ1) is 9.58. The van der Waals surface area contributed by atoms with Crippen LogP contribution in [-0.4, -0.2) is 22.2 Å². The molecular weight excluding hydrogens is 256 g/mol. The van der Waals surface area contributed by atoms with Crippen LogP contribution in [0.1, 0.15) is 5.56 Å². The van der Waals surface area contributed by atoms with E-state index in [0.717, 1.165) is 11.1 Å². The van der Waals surface area contributed by atoms with Crippen LogP contribution in [0.4, 0.5) is 0 Å². The predicted octanol–water partition coefficient (Wildman–Crippen LogP) is 2.68. The minimum atomic E-state index is -1.42. The second-order valence-electron chi connectivity index (χ2n) is 4.50. The zero-order valence-electron chi connectivity index (χ0n) is 10.7. The number of carbonyl (C=O) groups is 2. The summed E-state index contributed by atoms with van der Waals surface area (Å²) < 4.78 is 0. The second kappa shape index (κ2) is 6.02. The van der Waals surface area contributed by atoms with Crippen LogP contribution < -0.4 is 0 Å². The van der Waals surface area contributed by atoms with Crippen molar-refractivity contribution in [3.63, 3.8) is 0 Å². The van der Waals surface area contributed by atoms with Crippen LogP contribution in [0, 0.1) is 5.92 Å². The predicted molar refractivity (Wildman–Crippen MR) is 74.3 cm³/mol. The van der Waals surface area contributed by atoms with Gasteiger partial charge in [-0.2, -0.15) is 0 Å². The molecule has 2 aromatic carbocycles. The van der Waals surface area contributed by atoms with Crippen LogP contribution >= 0.6 is 0 Å². The van der Waals surface area contributed by atoms with Crippen molar-refractivity contribution in [2.75, 3.05) is 0 Å². The number of carboxylic acids is 2. The summed E-state index contributed by atoms with van der Waals surface area (Å²) >= 11 is 0. The van der Waals surface area contributed by atoms with Crippen LogP contribution in [0.5, 0.6) is 0 Å². The van der Waals surface area contributed by atoms with Crippen LogP contribution in [0.2, 0.25) is 0 Å². The van der Waals surface area contributed by atoms with Crippen molar-refractivity contribution in [3.8, 4) is 11.1 Å². The van der Waals surface area contributed by atoms with Gasteiger partial charge >= 0.3 is 11.9 Å².